The lowest BCUT2D eigenvalue weighted by molar-refractivity contribution is 1.23. The predicted molar refractivity (Wildman–Crippen MR) is 92.4 cm³/mol. The monoisotopic (exact) mass is 278 g/mol. The fraction of sp³-hybridized carbons (Fsp3) is 0.158. The van der Waals surface area contributed by atoms with E-state index in [4.69, 9.17) is 0 Å². The van der Waals surface area contributed by atoms with Crippen LogP contribution in [0.25, 0.3) is 25.7 Å². The maximum Gasteiger partial charge on any atom is 0.0361 e. The molecule has 3 rings (SSSR count). The molecule has 0 bridgehead atoms. The van der Waals surface area contributed by atoms with Crippen LogP contribution in [0.2, 0.25) is 0 Å². The average Bonchev–Trinajstić information content (AvgIpc) is 2.85. The molecule has 0 atom stereocenters. The number of hydrogen-bond donors (Lipinski definition) is 0. The summed E-state index contributed by atoms with van der Waals surface area (Å²) in [5.41, 5.74) is 2.67. The highest BCUT2D eigenvalue weighted by Crippen LogP contribution is 2.38. The number of rotatable bonds is 3. The molecule has 1 aromatic heterocycles. The smallest absolute Gasteiger partial charge is 0.0361 e. The van der Waals surface area contributed by atoms with E-state index in [0.29, 0.717) is 0 Å². The predicted octanol–water partition coefficient (Wildman–Crippen LogP) is 6.42. The maximum absolute atomic E-state index is 2.31. The highest BCUT2D eigenvalue weighted by Gasteiger charge is 2.10. The van der Waals surface area contributed by atoms with Crippen molar-refractivity contribution in [3.8, 4) is 0 Å². The van der Waals surface area contributed by atoms with Crippen molar-refractivity contribution in [2.24, 2.45) is 0 Å². The fourth-order valence-corrected chi connectivity index (χ4v) is 3.81. The van der Waals surface area contributed by atoms with Crippen LogP contribution in [-0.2, 0) is 0 Å². The van der Waals surface area contributed by atoms with Gasteiger partial charge in [-0.25, -0.2) is 0 Å². The highest BCUT2D eigenvalue weighted by molar-refractivity contribution is 7.25. The van der Waals surface area contributed by atoms with Crippen LogP contribution in [0.5, 0.6) is 0 Å². The third-order valence-electron chi connectivity index (χ3n) is 3.48. The van der Waals surface area contributed by atoms with E-state index in [1.807, 2.05) is 11.3 Å². The summed E-state index contributed by atoms with van der Waals surface area (Å²) < 4.78 is 2.74. The lowest BCUT2D eigenvalue weighted by Crippen LogP contribution is -1.83. The molecule has 3 aromatic rings. The fourth-order valence-electron chi connectivity index (χ4n) is 2.68. The number of thiophene rings is 1. The molecular formula is C19H18S. The average molecular weight is 278 g/mol. The molecule has 2 aromatic carbocycles. The van der Waals surface area contributed by atoms with Gasteiger partial charge in [-0.2, -0.15) is 0 Å². The van der Waals surface area contributed by atoms with E-state index in [-0.39, 0.29) is 0 Å². The van der Waals surface area contributed by atoms with Crippen LogP contribution < -0.4 is 0 Å². The molecule has 0 unspecified atom stereocenters. The van der Waals surface area contributed by atoms with Crippen molar-refractivity contribution in [1.29, 1.82) is 0 Å². The van der Waals surface area contributed by atoms with E-state index in [2.05, 4.69) is 74.5 Å². The molecule has 0 spiro atoms. The third kappa shape index (κ3) is 2.19. The summed E-state index contributed by atoms with van der Waals surface area (Å²) in [6.45, 7) is 4.27. The topological polar surface area (TPSA) is 0 Å². The van der Waals surface area contributed by atoms with Crippen molar-refractivity contribution in [2.75, 3.05) is 0 Å². The Morgan fingerprint density at radius 1 is 1.05 bits per heavy atom. The van der Waals surface area contributed by atoms with Gasteiger partial charge in [0.1, 0.15) is 0 Å². The minimum atomic E-state index is 1.05. The zero-order valence-electron chi connectivity index (χ0n) is 11.9. The summed E-state index contributed by atoms with van der Waals surface area (Å²) in [6.07, 6.45) is 7.69. The van der Waals surface area contributed by atoms with Crippen molar-refractivity contribution >= 4 is 37.1 Å². The second-order valence-electron chi connectivity index (χ2n) is 4.84. The highest BCUT2D eigenvalue weighted by atomic mass is 32.1. The van der Waals surface area contributed by atoms with Gasteiger partial charge in [0.25, 0.3) is 0 Å². The van der Waals surface area contributed by atoms with E-state index in [9.17, 15) is 0 Å². The Labute approximate surface area is 124 Å². The molecule has 0 fully saturated rings. The van der Waals surface area contributed by atoms with Gasteiger partial charge in [0.05, 0.1) is 0 Å². The standard InChI is InChI=1S/C19H18S/c1-3-8-14(9-4-2)15-11-7-13-18-19(15)16-10-5-6-12-17(16)20-18/h3,5-13H,4H2,1-2H3/b8-3-,14-9+. The van der Waals surface area contributed by atoms with Crippen molar-refractivity contribution in [1.82, 2.24) is 0 Å². The molecule has 0 radical (unpaired) electrons. The van der Waals surface area contributed by atoms with Crippen LogP contribution in [0, 0.1) is 0 Å². The first-order chi connectivity index (χ1) is 9.85. The maximum atomic E-state index is 2.31. The summed E-state index contributed by atoms with van der Waals surface area (Å²) in [7, 11) is 0. The zero-order chi connectivity index (χ0) is 13.9. The largest absolute Gasteiger partial charge is 0.135 e. The van der Waals surface area contributed by atoms with Crippen LogP contribution in [0.15, 0.2) is 60.7 Å². The van der Waals surface area contributed by atoms with Crippen LogP contribution in [-0.4, -0.2) is 0 Å². The molecular weight excluding hydrogens is 260 g/mol. The SMILES string of the molecule is C/C=C\C(=C/CC)c1cccc2sc3ccccc3c12. The summed E-state index contributed by atoms with van der Waals surface area (Å²) >= 11 is 1.88. The number of hydrogen-bond acceptors (Lipinski definition) is 1. The Kier molecular flexibility index (Phi) is 3.70. The van der Waals surface area contributed by atoms with E-state index < -0.39 is 0 Å². The molecule has 0 N–H and O–H groups in total. The quantitative estimate of drug-likeness (QED) is 0.485. The molecule has 100 valence electrons. The Morgan fingerprint density at radius 3 is 2.65 bits per heavy atom. The van der Waals surface area contributed by atoms with E-state index >= 15 is 0 Å². The molecule has 0 aliphatic carbocycles. The van der Waals surface area contributed by atoms with Crippen LogP contribution in [0.3, 0.4) is 0 Å². The van der Waals surface area contributed by atoms with Gasteiger partial charge in [0.15, 0.2) is 0 Å². The van der Waals surface area contributed by atoms with E-state index in [1.54, 1.807) is 0 Å². The Hall–Kier alpha value is -1.86. The second kappa shape index (κ2) is 5.64. The Morgan fingerprint density at radius 2 is 1.85 bits per heavy atom. The van der Waals surface area contributed by atoms with Crippen LogP contribution in [0.4, 0.5) is 0 Å². The third-order valence-corrected chi connectivity index (χ3v) is 4.62. The second-order valence-corrected chi connectivity index (χ2v) is 5.93. The lowest BCUT2D eigenvalue weighted by Gasteiger charge is -2.06. The van der Waals surface area contributed by atoms with Gasteiger partial charge in [0.2, 0.25) is 0 Å². The number of benzene rings is 2. The minimum Gasteiger partial charge on any atom is -0.135 e. The molecule has 0 saturated heterocycles. The Bertz CT molecular complexity index is 803. The van der Waals surface area contributed by atoms with Crippen molar-refractivity contribution in [3.63, 3.8) is 0 Å². The summed E-state index contributed by atoms with van der Waals surface area (Å²) in [5.74, 6) is 0. The summed E-state index contributed by atoms with van der Waals surface area (Å²) in [6, 6.07) is 15.3. The molecule has 0 amide bonds. The normalized spacial score (nSPS) is 12.8. The van der Waals surface area contributed by atoms with Crippen LogP contribution in [0.1, 0.15) is 25.8 Å². The molecule has 1 heterocycles. The molecule has 1 heteroatoms. The van der Waals surface area contributed by atoms with Crippen molar-refractivity contribution in [3.05, 3.63) is 66.3 Å². The lowest BCUT2D eigenvalue weighted by atomic mass is 9.98. The van der Waals surface area contributed by atoms with Gasteiger partial charge in [-0.3, -0.25) is 0 Å². The van der Waals surface area contributed by atoms with Crippen molar-refractivity contribution in [2.45, 2.75) is 20.3 Å². The first-order valence-corrected chi connectivity index (χ1v) is 7.90. The Balaban J connectivity index is 2.38. The molecule has 0 saturated carbocycles. The van der Waals surface area contributed by atoms with Crippen molar-refractivity contribution < 1.29 is 0 Å². The van der Waals surface area contributed by atoms with Gasteiger partial charge >= 0.3 is 0 Å². The minimum absolute atomic E-state index is 1.05. The van der Waals surface area contributed by atoms with Gasteiger partial charge in [0, 0.05) is 20.2 Å². The summed E-state index contributed by atoms with van der Waals surface area (Å²) in [4.78, 5) is 0. The zero-order valence-corrected chi connectivity index (χ0v) is 12.7. The number of allylic oxidation sites excluding steroid dienone is 4. The van der Waals surface area contributed by atoms with Gasteiger partial charge < -0.3 is 0 Å². The molecule has 20 heavy (non-hydrogen) atoms. The first-order valence-electron chi connectivity index (χ1n) is 7.08. The van der Waals surface area contributed by atoms with Gasteiger partial charge in [-0.1, -0.05) is 55.5 Å². The summed E-state index contributed by atoms with van der Waals surface area (Å²) in [5, 5.41) is 2.76. The van der Waals surface area contributed by atoms with E-state index in [1.165, 1.54) is 31.3 Å². The first kappa shape index (κ1) is 13.1. The van der Waals surface area contributed by atoms with Gasteiger partial charge in [-0.15, -0.1) is 11.3 Å². The van der Waals surface area contributed by atoms with Crippen LogP contribution >= 0.6 is 11.3 Å². The molecule has 0 aliphatic rings. The number of fused-ring (bicyclic) bond motifs is 3. The van der Waals surface area contributed by atoms with E-state index in [0.717, 1.165) is 6.42 Å². The van der Waals surface area contributed by atoms with Gasteiger partial charge in [-0.05, 0) is 36.6 Å². The molecule has 0 aliphatic heterocycles. The molecule has 0 nitrogen and oxygen atoms in total.